The second-order valence-corrected chi connectivity index (χ2v) is 14.5. The monoisotopic (exact) mass is 816 g/mol. The van der Waals surface area contributed by atoms with E-state index in [1.807, 2.05) is 36.1 Å². The quantitative estimate of drug-likeness (QED) is 0.0573. The van der Waals surface area contributed by atoms with E-state index >= 15 is 0 Å². The molecule has 0 saturated carbocycles. The van der Waals surface area contributed by atoms with Crippen LogP contribution in [0, 0.1) is 12.8 Å². The molecule has 314 valence electrons. The number of amides is 3. The highest BCUT2D eigenvalue weighted by atomic mass is 35.5. The van der Waals surface area contributed by atoms with E-state index in [9.17, 15) is 39.9 Å². The van der Waals surface area contributed by atoms with Crippen molar-refractivity contribution >= 4 is 41.1 Å². The van der Waals surface area contributed by atoms with E-state index in [2.05, 4.69) is 27.5 Å². The van der Waals surface area contributed by atoms with E-state index in [0.29, 0.717) is 30.6 Å². The molecule has 1 heterocycles. The number of carbonyl (C=O) groups excluding carboxylic acids is 2. The summed E-state index contributed by atoms with van der Waals surface area (Å²) >= 11 is 5.96. The fourth-order valence-electron chi connectivity index (χ4n) is 6.21. The van der Waals surface area contributed by atoms with Crippen LogP contribution in [-0.4, -0.2) is 139 Å². The van der Waals surface area contributed by atoms with Crippen LogP contribution in [0.2, 0.25) is 5.15 Å². The van der Waals surface area contributed by atoms with Gasteiger partial charge in [-0.3, -0.25) is 14.5 Å². The molecule has 0 saturated heterocycles. The average molecular weight is 817 g/mol. The number of unbranched alkanes of at least 4 members (excludes halogenated alkanes) is 3. The number of benzene rings is 2. The highest BCUT2D eigenvalue weighted by molar-refractivity contribution is 6.31. The molecule has 3 amide bonds. The summed E-state index contributed by atoms with van der Waals surface area (Å²) in [6, 6.07) is 14.2. The number of nitrogen functional groups attached to an aromatic ring is 2. The molecule has 17 nitrogen and oxygen atoms in total. The van der Waals surface area contributed by atoms with Gasteiger partial charge in [0.2, 0.25) is 0 Å². The van der Waals surface area contributed by atoms with E-state index in [0.717, 1.165) is 36.8 Å². The lowest BCUT2D eigenvalue weighted by atomic mass is 9.95. The Morgan fingerprint density at radius 1 is 0.842 bits per heavy atom. The summed E-state index contributed by atoms with van der Waals surface area (Å²) in [5.74, 6) is -1.69. The molecule has 0 aliphatic carbocycles. The van der Waals surface area contributed by atoms with E-state index in [-0.39, 0.29) is 67.0 Å². The summed E-state index contributed by atoms with van der Waals surface area (Å²) in [4.78, 5) is 49.5. The number of nitrogens with two attached hydrogens (primary N) is 2. The Morgan fingerprint density at radius 2 is 1.53 bits per heavy atom. The topological polar surface area (TPSA) is 281 Å². The number of rotatable bonds is 24. The van der Waals surface area contributed by atoms with Crippen molar-refractivity contribution in [2.75, 3.05) is 57.3 Å². The third-order valence-corrected chi connectivity index (χ3v) is 9.87. The molecule has 57 heavy (non-hydrogen) atoms. The minimum atomic E-state index is -1.73. The average Bonchev–Trinajstić information content (AvgIpc) is 3.19. The van der Waals surface area contributed by atoms with Crippen molar-refractivity contribution in [3.05, 3.63) is 81.6 Å². The number of anilines is 2. The molecule has 0 fully saturated rings. The predicted molar refractivity (Wildman–Crippen MR) is 215 cm³/mol. The molecule has 3 rings (SSSR count). The SMILES string of the molecule is CCCCCCN(CCNC(=O)c1ccc(CN(CC(CNC(=O)c2nc(Cl)c(N)nc2N)Cc2ccccc2C)C(=O)O)cc1)C[C@@H](O)[C@@H](O)[C@H](O)[C@H](O)CO. The number of aryl methyl sites for hydroxylation is 1. The van der Waals surface area contributed by atoms with Crippen LogP contribution in [0.15, 0.2) is 48.5 Å². The van der Waals surface area contributed by atoms with Crippen LogP contribution in [0.5, 0.6) is 0 Å². The van der Waals surface area contributed by atoms with Gasteiger partial charge in [-0.2, -0.15) is 0 Å². The summed E-state index contributed by atoms with van der Waals surface area (Å²) in [7, 11) is 0. The van der Waals surface area contributed by atoms with Gasteiger partial charge in [0.1, 0.15) is 18.3 Å². The Hall–Kier alpha value is -4.62. The van der Waals surface area contributed by atoms with Crippen LogP contribution in [-0.2, 0) is 13.0 Å². The van der Waals surface area contributed by atoms with Gasteiger partial charge in [-0.15, -0.1) is 0 Å². The molecule has 3 aromatic rings. The van der Waals surface area contributed by atoms with E-state index in [1.54, 1.807) is 24.3 Å². The lowest BCUT2D eigenvalue weighted by Crippen LogP contribution is -2.50. The Morgan fingerprint density at radius 3 is 2.18 bits per heavy atom. The highest BCUT2D eigenvalue weighted by Crippen LogP contribution is 2.19. The van der Waals surface area contributed by atoms with Crippen LogP contribution in [0.3, 0.4) is 0 Å². The summed E-state index contributed by atoms with van der Waals surface area (Å²) in [6.45, 7) is 4.44. The highest BCUT2D eigenvalue weighted by Gasteiger charge is 2.31. The van der Waals surface area contributed by atoms with E-state index in [1.165, 1.54) is 4.90 Å². The van der Waals surface area contributed by atoms with Gasteiger partial charge in [0, 0.05) is 44.8 Å². The molecular weight excluding hydrogens is 760 g/mol. The standard InChI is InChI=1S/C39H57ClN8O9/c1-3-4-5-8-16-47(22-29(50)32(52)33(53)30(51)23-49)17-15-43-37(54)27-13-11-25(12-14-27)20-48(39(56)57)21-26(18-28-10-7-6-9-24(28)2)19-44-38(55)31-35(41)46-36(42)34(40)45-31/h6-7,9-14,26,29-30,32-33,49-53H,3-5,8,15-23H2,1-2H3,(H,43,54)(H,44,55)(H,56,57)(H4,41,42,46)/t26?,29-,30-,32-,33-/m1/s1. The number of nitrogens with zero attached hydrogens (tertiary/aromatic N) is 4. The maximum Gasteiger partial charge on any atom is 0.407 e. The molecule has 12 N–H and O–H groups in total. The Labute approximate surface area is 337 Å². The molecule has 0 bridgehead atoms. The second kappa shape index (κ2) is 23.6. The van der Waals surface area contributed by atoms with Crippen molar-refractivity contribution in [3.8, 4) is 0 Å². The number of carboxylic acid groups (broad SMARTS) is 1. The van der Waals surface area contributed by atoms with Gasteiger partial charge in [-0.05, 0) is 61.1 Å². The molecule has 0 radical (unpaired) electrons. The van der Waals surface area contributed by atoms with Crippen LogP contribution >= 0.6 is 11.6 Å². The molecule has 18 heteroatoms. The number of aliphatic hydroxyl groups excluding tert-OH is 5. The molecule has 2 aromatic carbocycles. The van der Waals surface area contributed by atoms with Gasteiger partial charge < -0.3 is 57.6 Å². The van der Waals surface area contributed by atoms with Crippen molar-refractivity contribution in [2.24, 2.45) is 5.92 Å². The van der Waals surface area contributed by atoms with Gasteiger partial charge in [0.25, 0.3) is 11.8 Å². The number of hydrogen-bond donors (Lipinski definition) is 10. The zero-order valence-corrected chi connectivity index (χ0v) is 33.2. The lowest BCUT2D eigenvalue weighted by Gasteiger charge is -2.30. The molecular formula is C39H57ClN8O9. The first-order chi connectivity index (χ1) is 27.1. The zero-order valence-electron chi connectivity index (χ0n) is 32.4. The first-order valence-corrected chi connectivity index (χ1v) is 19.3. The van der Waals surface area contributed by atoms with E-state index < -0.39 is 43.0 Å². The normalized spacial score (nSPS) is 14.1. The lowest BCUT2D eigenvalue weighted by molar-refractivity contribution is -0.119. The van der Waals surface area contributed by atoms with Crippen molar-refractivity contribution in [2.45, 2.75) is 76.9 Å². The minimum absolute atomic E-state index is 0.00659. The number of aliphatic hydroxyl groups is 5. The summed E-state index contributed by atoms with van der Waals surface area (Å²) in [5, 5.41) is 65.3. The molecule has 0 aliphatic heterocycles. The fourth-order valence-corrected chi connectivity index (χ4v) is 6.33. The predicted octanol–water partition coefficient (Wildman–Crippen LogP) is 1.42. The van der Waals surface area contributed by atoms with Crippen LogP contribution in [0.1, 0.15) is 70.1 Å². The van der Waals surface area contributed by atoms with Gasteiger partial charge in [0.15, 0.2) is 22.5 Å². The van der Waals surface area contributed by atoms with Crippen molar-refractivity contribution in [1.29, 1.82) is 0 Å². The van der Waals surface area contributed by atoms with E-state index in [4.69, 9.17) is 28.2 Å². The number of carbonyl (C=O) groups is 3. The number of hydrogen-bond acceptors (Lipinski definition) is 13. The molecule has 0 aliphatic rings. The van der Waals surface area contributed by atoms with Gasteiger partial charge in [-0.1, -0.05) is 74.2 Å². The Kier molecular flexibility index (Phi) is 19.3. The van der Waals surface area contributed by atoms with Crippen molar-refractivity contribution in [3.63, 3.8) is 0 Å². The maximum absolute atomic E-state index is 13.1. The summed E-state index contributed by atoms with van der Waals surface area (Å²) < 4.78 is 0. The van der Waals surface area contributed by atoms with Crippen molar-refractivity contribution < 1.29 is 45.0 Å². The number of aromatic nitrogens is 2. The van der Waals surface area contributed by atoms with Gasteiger partial charge in [-0.25, -0.2) is 14.8 Å². The zero-order chi connectivity index (χ0) is 42.1. The summed E-state index contributed by atoms with van der Waals surface area (Å²) in [6.07, 6.45) is -3.36. The number of halogens is 1. The smallest absolute Gasteiger partial charge is 0.407 e. The molecule has 1 aromatic heterocycles. The van der Waals surface area contributed by atoms with Gasteiger partial charge >= 0.3 is 6.09 Å². The Bertz CT molecular complexity index is 1740. The first-order valence-electron chi connectivity index (χ1n) is 19.0. The summed E-state index contributed by atoms with van der Waals surface area (Å²) in [5.41, 5.74) is 14.3. The largest absolute Gasteiger partial charge is 0.465 e. The fraction of sp³-hybridized carbons (Fsp3) is 0.513. The van der Waals surface area contributed by atoms with Crippen molar-refractivity contribution in [1.82, 2.24) is 30.4 Å². The first kappa shape index (κ1) is 46.8. The second-order valence-electron chi connectivity index (χ2n) is 14.1. The van der Waals surface area contributed by atoms with Crippen LogP contribution in [0.4, 0.5) is 16.4 Å². The minimum Gasteiger partial charge on any atom is -0.465 e. The molecule has 5 atom stereocenters. The third kappa shape index (κ3) is 15.0. The number of nitrogens with one attached hydrogen (secondary N) is 2. The third-order valence-electron chi connectivity index (χ3n) is 9.59. The van der Waals surface area contributed by atoms with Gasteiger partial charge in [0.05, 0.1) is 12.7 Å². The van der Waals surface area contributed by atoms with Crippen LogP contribution < -0.4 is 22.1 Å². The molecule has 0 spiro atoms. The maximum atomic E-state index is 13.1. The Balaban J connectivity index is 1.64. The molecule has 1 unspecified atom stereocenters. The van der Waals surface area contributed by atoms with Crippen LogP contribution in [0.25, 0.3) is 0 Å².